The van der Waals surface area contributed by atoms with Crippen LogP contribution in [0.15, 0.2) is 6.07 Å². The summed E-state index contributed by atoms with van der Waals surface area (Å²) in [4.78, 5) is 18.8. The normalized spacial score (nSPS) is 20.6. The molecule has 6 heteroatoms. The number of amides is 1. The minimum atomic E-state index is -2.61. The van der Waals surface area contributed by atoms with Crippen molar-refractivity contribution in [2.75, 3.05) is 25.0 Å². The predicted octanol–water partition coefficient (Wildman–Crippen LogP) is 2.95. The van der Waals surface area contributed by atoms with Gasteiger partial charge in [0.05, 0.1) is 5.56 Å². The minimum absolute atomic E-state index is 0.0935. The average Bonchev–Trinajstić information content (AvgIpc) is 2.73. The summed E-state index contributed by atoms with van der Waals surface area (Å²) in [7, 11) is 1.59. The molecular formula is C17H23F2N3O. The minimum Gasteiger partial charge on any atom is -0.356 e. The van der Waals surface area contributed by atoms with Gasteiger partial charge in [-0.3, -0.25) is 4.79 Å². The molecule has 1 aromatic heterocycles. The van der Waals surface area contributed by atoms with E-state index in [1.54, 1.807) is 7.05 Å². The molecule has 1 aliphatic carbocycles. The fourth-order valence-corrected chi connectivity index (χ4v) is 3.44. The number of aromatic nitrogens is 1. The van der Waals surface area contributed by atoms with E-state index >= 15 is 0 Å². The van der Waals surface area contributed by atoms with E-state index in [0.717, 1.165) is 36.9 Å². The Labute approximate surface area is 135 Å². The number of aryl methyl sites for hydroxylation is 2. The molecule has 126 valence electrons. The summed E-state index contributed by atoms with van der Waals surface area (Å²) in [5.41, 5.74) is 2.66. The molecule has 0 saturated carbocycles. The van der Waals surface area contributed by atoms with E-state index < -0.39 is 5.92 Å². The van der Waals surface area contributed by atoms with Crippen LogP contribution in [-0.2, 0) is 12.8 Å². The largest absolute Gasteiger partial charge is 0.356 e. The summed E-state index contributed by atoms with van der Waals surface area (Å²) in [6.45, 7) is 0.758. The van der Waals surface area contributed by atoms with Gasteiger partial charge in [0, 0.05) is 38.7 Å². The number of anilines is 1. The van der Waals surface area contributed by atoms with Gasteiger partial charge in [-0.15, -0.1) is 0 Å². The highest BCUT2D eigenvalue weighted by molar-refractivity contribution is 5.99. The molecule has 1 N–H and O–H groups in total. The first kappa shape index (κ1) is 16.1. The van der Waals surface area contributed by atoms with Gasteiger partial charge in [-0.1, -0.05) is 0 Å². The highest BCUT2D eigenvalue weighted by Crippen LogP contribution is 2.32. The number of pyridine rings is 1. The van der Waals surface area contributed by atoms with E-state index in [1.165, 1.54) is 0 Å². The first-order chi connectivity index (χ1) is 11.0. The number of carbonyl (C=O) groups is 1. The lowest BCUT2D eigenvalue weighted by Gasteiger charge is -2.26. The molecule has 4 nitrogen and oxygen atoms in total. The van der Waals surface area contributed by atoms with Gasteiger partial charge >= 0.3 is 0 Å². The van der Waals surface area contributed by atoms with Gasteiger partial charge in [0.2, 0.25) is 5.92 Å². The van der Waals surface area contributed by atoms with Crippen molar-refractivity contribution in [2.24, 2.45) is 0 Å². The molecule has 0 atom stereocenters. The second-order valence-electron chi connectivity index (χ2n) is 6.45. The molecule has 23 heavy (non-hydrogen) atoms. The molecule has 0 aromatic carbocycles. The third kappa shape index (κ3) is 3.46. The Morgan fingerprint density at radius 3 is 2.78 bits per heavy atom. The molecule has 1 saturated heterocycles. The maximum atomic E-state index is 13.6. The zero-order valence-electron chi connectivity index (χ0n) is 13.5. The van der Waals surface area contributed by atoms with Gasteiger partial charge < -0.3 is 10.2 Å². The number of halogens is 2. The van der Waals surface area contributed by atoms with Crippen LogP contribution in [0.1, 0.15) is 53.7 Å². The van der Waals surface area contributed by atoms with Crippen molar-refractivity contribution in [3.05, 3.63) is 22.9 Å². The number of alkyl halides is 2. The highest BCUT2D eigenvalue weighted by atomic mass is 19.3. The Morgan fingerprint density at radius 1 is 1.22 bits per heavy atom. The van der Waals surface area contributed by atoms with Crippen molar-refractivity contribution in [3.63, 3.8) is 0 Å². The molecule has 2 heterocycles. The van der Waals surface area contributed by atoms with Gasteiger partial charge in [0.15, 0.2) is 0 Å². The number of nitrogens with one attached hydrogen (secondary N) is 1. The summed E-state index contributed by atoms with van der Waals surface area (Å²) < 4.78 is 27.3. The lowest BCUT2D eigenvalue weighted by Crippen LogP contribution is -2.31. The lowest BCUT2D eigenvalue weighted by atomic mass is 9.94. The van der Waals surface area contributed by atoms with Crippen LogP contribution in [0.5, 0.6) is 0 Å². The van der Waals surface area contributed by atoms with Crippen LogP contribution < -0.4 is 10.2 Å². The maximum Gasteiger partial charge on any atom is 0.254 e. The number of hydrogen-bond donors (Lipinski definition) is 1. The molecule has 1 amide bonds. The number of fused-ring (bicyclic) bond motifs is 1. The van der Waals surface area contributed by atoms with Gasteiger partial charge in [-0.25, -0.2) is 13.8 Å². The number of rotatable bonds is 2. The van der Waals surface area contributed by atoms with Crippen LogP contribution >= 0.6 is 0 Å². The zero-order valence-corrected chi connectivity index (χ0v) is 13.5. The molecule has 1 aromatic rings. The summed E-state index contributed by atoms with van der Waals surface area (Å²) in [5, 5.41) is 2.65. The van der Waals surface area contributed by atoms with Crippen molar-refractivity contribution in [2.45, 2.75) is 50.9 Å². The van der Waals surface area contributed by atoms with E-state index in [9.17, 15) is 13.6 Å². The number of hydrogen-bond acceptors (Lipinski definition) is 3. The highest BCUT2D eigenvalue weighted by Gasteiger charge is 2.33. The molecule has 2 aliphatic rings. The van der Waals surface area contributed by atoms with E-state index in [-0.39, 0.29) is 25.3 Å². The van der Waals surface area contributed by atoms with Crippen molar-refractivity contribution in [1.29, 1.82) is 0 Å². The topological polar surface area (TPSA) is 45.2 Å². The van der Waals surface area contributed by atoms with E-state index in [1.807, 2.05) is 11.0 Å². The molecule has 0 unspecified atom stereocenters. The standard InChI is InChI=1S/C17H23F2N3O/c1-20-16(23)13-11-12-5-2-3-6-14(12)21-15(13)22-9-4-7-17(18,19)8-10-22/h11H,2-10H2,1H3,(H,20,23). The molecule has 1 fully saturated rings. The monoisotopic (exact) mass is 323 g/mol. The molecular weight excluding hydrogens is 300 g/mol. The van der Waals surface area contributed by atoms with E-state index in [2.05, 4.69) is 5.32 Å². The van der Waals surface area contributed by atoms with Gasteiger partial charge in [-0.05, 0) is 43.7 Å². The second-order valence-corrected chi connectivity index (χ2v) is 6.45. The smallest absolute Gasteiger partial charge is 0.254 e. The summed E-state index contributed by atoms with van der Waals surface area (Å²) in [6, 6.07) is 1.92. The van der Waals surface area contributed by atoms with Gasteiger partial charge in [0.1, 0.15) is 5.82 Å². The average molecular weight is 323 g/mol. The summed E-state index contributed by atoms with van der Waals surface area (Å²) >= 11 is 0. The summed E-state index contributed by atoms with van der Waals surface area (Å²) in [5.74, 6) is -2.24. The lowest BCUT2D eigenvalue weighted by molar-refractivity contribution is -0.0102. The van der Waals surface area contributed by atoms with Crippen molar-refractivity contribution < 1.29 is 13.6 Å². The Hall–Kier alpha value is -1.72. The molecule has 3 rings (SSSR count). The molecule has 0 bridgehead atoms. The van der Waals surface area contributed by atoms with Crippen LogP contribution in [-0.4, -0.2) is 37.0 Å². The van der Waals surface area contributed by atoms with Crippen molar-refractivity contribution in [3.8, 4) is 0 Å². The molecule has 0 spiro atoms. The fraction of sp³-hybridized carbons (Fsp3) is 0.647. The quantitative estimate of drug-likeness (QED) is 0.910. The van der Waals surface area contributed by atoms with Gasteiger partial charge in [-0.2, -0.15) is 0 Å². The number of nitrogens with zero attached hydrogens (tertiary/aromatic N) is 2. The molecule has 0 radical (unpaired) electrons. The maximum absolute atomic E-state index is 13.6. The zero-order chi connectivity index (χ0) is 16.4. The Morgan fingerprint density at radius 2 is 2.00 bits per heavy atom. The Kier molecular flexibility index (Phi) is 4.50. The van der Waals surface area contributed by atoms with Crippen LogP contribution in [0.3, 0.4) is 0 Å². The van der Waals surface area contributed by atoms with Crippen molar-refractivity contribution >= 4 is 11.7 Å². The van der Waals surface area contributed by atoms with Gasteiger partial charge in [0.25, 0.3) is 5.91 Å². The Bertz CT molecular complexity index is 604. The van der Waals surface area contributed by atoms with E-state index in [4.69, 9.17) is 4.98 Å². The summed E-state index contributed by atoms with van der Waals surface area (Å²) in [6.07, 6.45) is 4.18. The fourth-order valence-electron chi connectivity index (χ4n) is 3.44. The predicted molar refractivity (Wildman–Crippen MR) is 85.3 cm³/mol. The van der Waals surface area contributed by atoms with Crippen LogP contribution in [0, 0.1) is 0 Å². The molecule has 1 aliphatic heterocycles. The van der Waals surface area contributed by atoms with Crippen molar-refractivity contribution in [1.82, 2.24) is 10.3 Å². The van der Waals surface area contributed by atoms with Crippen LogP contribution in [0.4, 0.5) is 14.6 Å². The number of carbonyl (C=O) groups excluding carboxylic acids is 1. The SMILES string of the molecule is CNC(=O)c1cc2c(nc1N1CCCC(F)(F)CC1)CCCC2. The third-order valence-electron chi connectivity index (χ3n) is 4.77. The third-order valence-corrected chi connectivity index (χ3v) is 4.77. The van der Waals surface area contributed by atoms with Crippen LogP contribution in [0.25, 0.3) is 0 Å². The Balaban J connectivity index is 1.97. The van der Waals surface area contributed by atoms with Crippen LogP contribution in [0.2, 0.25) is 0 Å². The first-order valence-electron chi connectivity index (χ1n) is 8.38. The van der Waals surface area contributed by atoms with E-state index in [0.29, 0.717) is 24.3 Å². The first-order valence-corrected chi connectivity index (χ1v) is 8.38. The second kappa shape index (κ2) is 6.42.